The molecule has 1 saturated heterocycles. The van der Waals surface area contributed by atoms with Gasteiger partial charge in [-0.15, -0.1) is 0 Å². The van der Waals surface area contributed by atoms with Crippen molar-refractivity contribution in [1.82, 2.24) is 14.7 Å². The summed E-state index contributed by atoms with van der Waals surface area (Å²) >= 11 is 0. The van der Waals surface area contributed by atoms with Crippen LogP contribution in [-0.2, 0) is 13.6 Å². The number of likely N-dealkylation sites (tertiary alicyclic amines) is 1. The van der Waals surface area contributed by atoms with Crippen molar-refractivity contribution in [3.63, 3.8) is 0 Å². The second-order valence-electron chi connectivity index (χ2n) is 7.95. The van der Waals surface area contributed by atoms with E-state index >= 15 is 0 Å². The molecule has 1 saturated carbocycles. The molecule has 5 rings (SSSR count). The van der Waals surface area contributed by atoms with E-state index in [1.54, 1.807) is 0 Å². The molecule has 1 aromatic carbocycles. The average Bonchev–Trinajstić information content (AvgIpc) is 3.35. The molecule has 0 spiro atoms. The van der Waals surface area contributed by atoms with Gasteiger partial charge in [0.25, 0.3) is 0 Å². The van der Waals surface area contributed by atoms with E-state index in [1.807, 2.05) is 36.1 Å². The number of aryl methyl sites for hydroxylation is 1. The summed E-state index contributed by atoms with van der Waals surface area (Å²) in [5, 5.41) is 14.9. The lowest BCUT2D eigenvalue weighted by molar-refractivity contribution is -0.0232. The molecule has 2 aliphatic heterocycles. The van der Waals surface area contributed by atoms with Crippen LogP contribution in [0.4, 0.5) is 0 Å². The summed E-state index contributed by atoms with van der Waals surface area (Å²) in [4.78, 5) is 2.47. The highest BCUT2D eigenvalue weighted by Gasteiger charge is 2.42. The predicted molar refractivity (Wildman–Crippen MR) is 97.7 cm³/mol. The van der Waals surface area contributed by atoms with Gasteiger partial charge in [-0.05, 0) is 36.8 Å². The first-order valence-electron chi connectivity index (χ1n) is 9.58. The Balaban J connectivity index is 1.22. The second-order valence-corrected chi connectivity index (χ2v) is 7.95. The summed E-state index contributed by atoms with van der Waals surface area (Å²) in [5.41, 5.74) is 1.24. The smallest absolute Gasteiger partial charge is 0.231 e. The average molecular weight is 371 g/mol. The largest absolute Gasteiger partial charge is 0.488 e. The molecule has 0 radical (unpaired) electrons. The van der Waals surface area contributed by atoms with E-state index < -0.39 is 6.10 Å². The Hall–Kier alpha value is -2.25. The molecule has 3 heterocycles. The fourth-order valence-corrected chi connectivity index (χ4v) is 4.68. The third-order valence-electron chi connectivity index (χ3n) is 5.96. The van der Waals surface area contributed by atoms with Crippen LogP contribution in [0.1, 0.15) is 18.4 Å². The molecule has 2 fully saturated rings. The first-order valence-corrected chi connectivity index (χ1v) is 9.58. The highest BCUT2D eigenvalue weighted by molar-refractivity contribution is 5.47. The van der Waals surface area contributed by atoms with Crippen LogP contribution in [0.2, 0.25) is 0 Å². The summed E-state index contributed by atoms with van der Waals surface area (Å²) in [5.74, 6) is 3.27. The van der Waals surface area contributed by atoms with Crippen molar-refractivity contribution < 1.29 is 19.3 Å². The fourth-order valence-electron chi connectivity index (χ4n) is 4.68. The van der Waals surface area contributed by atoms with Crippen molar-refractivity contribution >= 4 is 0 Å². The minimum absolute atomic E-state index is 0.176. The van der Waals surface area contributed by atoms with E-state index in [-0.39, 0.29) is 12.9 Å². The van der Waals surface area contributed by atoms with Gasteiger partial charge in [-0.1, -0.05) is 0 Å². The molecule has 27 heavy (non-hydrogen) atoms. The number of hydrogen-bond donors (Lipinski definition) is 1. The Morgan fingerprint density at radius 1 is 1.19 bits per heavy atom. The zero-order chi connectivity index (χ0) is 18.4. The lowest BCUT2D eigenvalue weighted by Crippen LogP contribution is -2.42. The number of nitrogens with zero attached hydrogens (tertiary/aromatic N) is 3. The van der Waals surface area contributed by atoms with Crippen molar-refractivity contribution in [2.24, 2.45) is 18.9 Å². The number of benzene rings is 1. The first-order chi connectivity index (χ1) is 13.1. The number of rotatable bonds is 4. The van der Waals surface area contributed by atoms with Gasteiger partial charge in [0.1, 0.15) is 11.9 Å². The topological polar surface area (TPSA) is 69.0 Å². The van der Waals surface area contributed by atoms with Crippen LogP contribution in [0, 0.1) is 11.8 Å². The Morgan fingerprint density at radius 3 is 2.81 bits per heavy atom. The van der Waals surface area contributed by atoms with Gasteiger partial charge in [0.05, 0.1) is 12.3 Å². The molecule has 144 valence electrons. The lowest BCUT2D eigenvalue weighted by atomic mass is 9.78. The van der Waals surface area contributed by atoms with Gasteiger partial charge >= 0.3 is 0 Å². The summed E-state index contributed by atoms with van der Waals surface area (Å²) in [7, 11) is 1.95. The standard InChI is InChI=1S/C20H25N3O4/c1-22-8-13(7-21-22)9-23-10-14-4-17(24)19(5-15(14)11-23)27-16-2-3-18-20(6-16)26-12-25-18/h2-3,6-8,14-15,17,19,24H,4-5,9-12H2,1H3/t14-,15+,17+,19+/m0/s1. The van der Waals surface area contributed by atoms with Gasteiger partial charge in [-0.25, -0.2) is 0 Å². The molecule has 1 N–H and O–H groups in total. The summed E-state index contributed by atoms with van der Waals surface area (Å²) < 4.78 is 18.7. The van der Waals surface area contributed by atoms with E-state index in [4.69, 9.17) is 14.2 Å². The van der Waals surface area contributed by atoms with Crippen LogP contribution < -0.4 is 14.2 Å². The summed E-state index contributed by atoms with van der Waals surface area (Å²) in [6.45, 7) is 3.26. The maximum absolute atomic E-state index is 10.6. The minimum atomic E-state index is -0.435. The Labute approximate surface area is 158 Å². The van der Waals surface area contributed by atoms with E-state index in [0.717, 1.165) is 44.0 Å². The molecule has 3 aliphatic rings. The van der Waals surface area contributed by atoms with E-state index in [0.29, 0.717) is 17.6 Å². The maximum Gasteiger partial charge on any atom is 0.231 e. The highest BCUT2D eigenvalue weighted by atomic mass is 16.7. The molecule has 1 aliphatic carbocycles. The molecule has 0 bridgehead atoms. The SMILES string of the molecule is Cn1cc(CN2C[C@H]3C[C@@H](Oc4ccc5c(c4)OCO5)[C@H](O)C[C@H]3C2)cn1. The van der Waals surface area contributed by atoms with Crippen LogP contribution in [0.15, 0.2) is 30.6 Å². The van der Waals surface area contributed by atoms with Crippen molar-refractivity contribution in [3.05, 3.63) is 36.2 Å². The third kappa shape index (κ3) is 3.37. The van der Waals surface area contributed by atoms with Gasteiger partial charge in [-0.3, -0.25) is 9.58 Å². The minimum Gasteiger partial charge on any atom is -0.488 e. The Kier molecular flexibility index (Phi) is 4.21. The molecule has 4 atom stereocenters. The van der Waals surface area contributed by atoms with Crippen LogP contribution in [0.25, 0.3) is 0 Å². The molecule has 0 amide bonds. The zero-order valence-electron chi connectivity index (χ0n) is 15.5. The Morgan fingerprint density at radius 2 is 2.00 bits per heavy atom. The quantitative estimate of drug-likeness (QED) is 0.884. The predicted octanol–water partition coefficient (Wildman–Crippen LogP) is 1.80. The fraction of sp³-hybridized carbons (Fsp3) is 0.550. The number of ether oxygens (including phenoxy) is 3. The number of fused-ring (bicyclic) bond motifs is 2. The highest BCUT2D eigenvalue weighted by Crippen LogP contribution is 2.40. The van der Waals surface area contributed by atoms with Gasteiger partial charge in [0.2, 0.25) is 6.79 Å². The van der Waals surface area contributed by atoms with Gasteiger partial charge in [0.15, 0.2) is 11.5 Å². The summed E-state index contributed by atoms with van der Waals surface area (Å²) in [6.07, 6.45) is 5.07. The van der Waals surface area contributed by atoms with Crippen LogP contribution >= 0.6 is 0 Å². The first kappa shape index (κ1) is 16.9. The summed E-state index contributed by atoms with van der Waals surface area (Å²) in [6, 6.07) is 5.60. The number of aliphatic hydroxyl groups is 1. The van der Waals surface area contributed by atoms with Crippen LogP contribution in [0.3, 0.4) is 0 Å². The van der Waals surface area contributed by atoms with E-state index in [1.165, 1.54) is 5.56 Å². The van der Waals surface area contributed by atoms with E-state index in [9.17, 15) is 5.11 Å². The number of aromatic nitrogens is 2. The number of hydrogen-bond acceptors (Lipinski definition) is 6. The molecule has 7 nitrogen and oxygen atoms in total. The maximum atomic E-state index is 10.6. The van der Waals surface area contributed by atoms with Crippen molar-refractivity contribution in [1.29, 1.82) is 0 Å². The Bertz CT molecular complexity index is 823. The zero-order valence-corrected chi connectivity index (χ0v) is 15.5. The second kappa shape index (κ2) is 6.73. The van der Waals surface area contributed by atoms with Crippen molar-refractivity contribution in [2.45, 2.75) is 31.6 Å². The van der Waals surface area contributed by atoms with Gasteiger partial charge < -0.3 is 19.3 Å². The molecule has 7 heteroatoms. The van der Waals surface area contributed by atoms with Crippen LogP contribution in [-0.4, -0.2) is 51.9 Å². The molecule has 1 aromatic heterocycles. The molecular weight excluding hydrogens is 346 g/mol. The van der Waals surface area contributed by atoms with Crippen molar-refractivity contribution in [3.8, 4) is 17.2 Å². The third-order valence-corrected chi connectivity index (χ3v) is 5.96. The van der Waals surface area contributed by atoms with Crippen molar-refractivity contribution in [2.75, 3.05) is 19.9 Å². The van der Waals surface area contributed by atoms with Gasteiger partial charge in [-0.2, -0.15) is 5.10 Å². The molecule has 0 unspecified atom stereocenters. The molecular formula is C20H25N3O4. The van der Waals surface area contributed by atoms with Crippen LogP contribution in [0.5, 0.6) is 17.2 Å². The van der Waals surface area contributed by atoms with Gasteiger partial charge in [0, 0.05) is 44.5 Å². The number of aliphatic hydroxyl groups excluding tert-OH is 1. The monoisotopic (exact) mass is 371 g/mol. The van der Waals surface area contributed by atoms with E-state index in [2.05, 4.69) is 16.2 Å². The molecule has 2 aromatic rings. The normalized spacial score (nSPS) is 29.7. The lowest BCUT2D eigenvalue weighted by Gasteiger charge is -2.35.